The Balaban J connectivity index is 4.42. The summed E-state index contributed by atoms with van der Waals surface area (Å²) in [4.78, 5) is 0. The van der Waals surface area contributed by atoms with E-state index < -0.39 is 0 Å². The number of rotatable bonds is 16. The molecule has 0 aliphatic heterocycles. The second-order valence-electron chi connectivity index (χ2n) is 7.31. The zero-order valence-electron chi connectivity index (χ0n) is 16.4. The molecule has 0 aromatic heterocycles. The molecule has 1 N–H and O–H groups in total. The van der Waals surface area contributed by atoms with Gasteiger partial charge in [-0.25, -0.2) is 0 Å². The third-order valence-corrected chi connectivity index (χ3v) is 5.29. The van der Waals surface area contributed by atoms with E-state index in [1.807, 2.05) is 0 Å². The highest BCUT2D eigenvalue weighted by molar-refractivity contribution is 4.75. The second-order valence-corrected chi connectivity index (χ2v) is 7.31. The molecule has 0 rings (SSSR count). The highest BCUT2D eigenvalue weighted by Gasteiger charge is 2.18. The van der Waals surface area contributed by atoms with Crippen LogP contribution in [0.25, 0.3) is 0 Å². The van der Waals surface area contributed by atoms with E-state index in [4.69, 9.17) is 0 Å². The van der Waals surface area contributed by atoms with Crippen LogP contribution in [0, 0.1) is 11.8 Å². The molecule has 0 aliphatic carbocycles. The van der Waals surface area contributed by atoms with E-state index in [1.54, 1.807) is 0 Å². The molecule has 2 atom stereocenters. The molecule has 1 nitrogen and oxygen atoms in total. The number of hydrogen-bond acceptors (Lipinski definition) is 1. The van der Waals surface area contributed by atoms with Gasteiger partial charge in [0, 0.05) is 6.04 Å². The van der Waals surface area contributed by atoms with Crippen molar-refractivity contribution in [1.29, 1.82) is 0 Å². The monoisotopic (exact) mass is 311 g/mol. The Labute approximate surface area is 142 Å². The Morgan fingerprint density at radius 1 is 0.636 bits per heavy atom. The van der Waals surface area contributed by atoms with E-state index in [9.17, 15) is 0 Å². The van der Waals surface area contributed by atoms with Crippen molar-refractivity contribution in [2.24, 2.45) is 11.8 Å². The van der Waals surface area contributed by atoms with Crippen molar-refractivity contribution in [3.8, 4) is 0 Å². The van der Waals surface area contributed by atoms with Crippen molar-refractivity contribution in [2.75, 3.05) is 6.54 Å². The first-order valence-electron chi connectivity index (χ1n) is 10.4. The molecule has 2 unspecified atom stereocenters. The highest BCUT2D eigenvalue weighted by Crippen LogP contribution is 2.25. The molecule has 0 fully saturated rings. The maximum absolute atomic E-state index is 3.90. The van der Waals surface area contributed by atoms with Crippen molar-refractivity contribution in [3.63, 3.8) is 0 Å². The third-order valence-electron chi connectivity index (χ3n) is 5.29. The van der Waals surface area contributed by atoms with Gasteiger partial charge in [-0.05, 0) is 37.6 Å². The maximum Gasteiger partial charge on any atom is 0.00723 e. The van der Waals surface area contributed by atoms with Crippen LogP contribution in [0.2, 0.25) is 0 Å². The minimum absolute atomic E-state index is 0.759. The quantitative estimate of drug-likeness (QED) is 0.304. The van der Waals surface area contributed by atoms with Crippen LogP contribution in [-0.4, -0.2) is 12.6 Å². The van der Waals surface area contributed by atoms with Crippen LogP contribution < -0.4 is 5.32 Å². The molecule has 22 heavy (non-hydrogen) atoms. The molecule has 0 aliphatic rings. The van der Waals surface area contributed by atoms with Gasteiger partial charge in [-0.1, -0.05) is 92.4 Å². The summed E-state index contributed by atoms with van der Waals surface area (Å²) in [6.07, 6.45) is 16.5. The van der Waals surface area contributed by atoms with Gasteiger partial charge >= 0.3 is 0 Å². The summed E-state index contributed by atoms with van der Waals surface area (Å²) in [5.74, 6) is 1.87. The molecule has 0 spiro atoms. The molecule has 0 heterocycles. The molecule has 0 bridgehead atoms. The van der Waals surface area contributed by atoms with Gasteiger partial charge in [-0.3, -0.25) is 0 Å². The van der Waals surface area contributed by atoms with Gasteiger partial charge in [0.2, 0.25) is 0 Å². The van der Waals surface area contributed by atoms with Gasteiger partial charge in [0.1, 0.15) is 0 Å². The highest BCUT2D eigenvalue weighted by atomic mass is 14.9. The van der Waals surface area contributed by atoms with Crippen LogP contribution in [0.15, 0.2) is 0 Å². The minimum Gasteiger partial charge on any atom is -0.314 e. The average Bonchev–Trinajstić information content (AvgIpc) is 2.54. The van der Waals surface area contributed by atoms with E-state index in [1.165, 1.54) is 83.6 Å². The van der Waals surface area contributed by atoms with Gasteiger partial charge < -0.3 is 5.32 Å². The minimum atomic E-state index is 0.759. The van der Waals surface area contributed by atoms with Crippen LogP contribution in [-0.2, 0) is 0 Å². The SMILES string of the molecule is CCCCNC(CC(CC)CCCC)CC(CC)CCCC. The van der Waals surface area contributed by atoms with Crippen molar-refractivity contribution in [1.82, 2.24) is 5.32 Å². The van der Waals surface area contributed by atoms with Gasteiger partial charge in [-0.15, -0.1) is 0 Å². The van der Waals surface area contributed by atoms with Crippen LogP contribution in [0.4, 0.5) is 0 Å². The summed E-state index contributed by atoms with van der Waals surface area (Å²) in [7, 11) is 0. The lowest BCUT2D eigenvalue weighted by atomic mass is 9.85. The van der Waals surface area contributed by atoms with Gasteiger partial charge in [0.15, 0.2) is 0 Å². The summed E-state index contributed by atoms with van der Waals surface area (Å²) < 4.78 is 0. The zero-order chi connectivity index (χ0) is 16.6. The molecule has 134 valence electrons. The van der Waals surface area contributed by atoms with Crippen molar-refractivity contribution >= 4 is 0 Å². The van der Waals surface area contributed by atoms with Gasteiger partial charge in [0.25, 0.3) is 0 Å². The molecule has 0 radical (unpaired) electrons. The fourth-order valence-corrected chi connectivity index (χ4v) is 3.51. The topological polar surface area (TPSA) is 12.0 Å². The molecular formula is C21H45N. The predicted octanol–water partition coefficient (Wildman–Crippen LogP) is 6.96. The van der Waals surface area contributed by atoms with E-state index in [0.29, 0.717) is 0 Å². The second kappa shape index (κ2) is 15.8. The molecule has 0 saturated heterocycles. The molecule has 1 heteroatoms. The van der Waals surface area contributed by atoms with Crippen molar-refractivity contribution in [2.45, 2.75) is 118 Å². The Kier molecular flexibility index (Phi) is 15.8. The molecule has 0 aromatic carbocycles. The number of nitrogens with one attached hydrogen (secondary N) is 1. The Morgan fingerprint density at radius 2 is 1.09 bits per heavy atom. The lowest BCUT2D eigenvalue weighted by molar-refractivity contribution is 0.288. The van der Waals surface area contributed by atoms with Gasteiger partial charge in [-0.2, -0.15) is 0 Å². The summed E-state index contributed by atoms with van der Waals surface area (Å²) in [6.45, 7) is 12.9. The smallest absolute Gasteiger partial charge is 0.00723 e. The fraction of sp³-hybridized carbons (Fsp3) is 1.00. The number of unbranched alkanes of at least 4 members (excludes halogenated alkanes) is 3. The van der Waals surface area contributed by atoms with Crippen LogP contribution >= 0.6 is 0 Å². The standard InChI is InChI=1S/C21H45N/c1-6-11-14-19(9-4)17-21(22-16-13-8-3)18-20(10-5)15-12-7-2/h19-22H,6-18H2,1-5H3. The van der Waals surface area contributed by atoms with E-state index in [2.05, 4.69) is 39.9 Å². The van der Waals surface area contributed by atoms with Crippen molar-refractivity contribution in [3.05, 3.63) is 0 Å². The largest absolute Gasteiger partial charge is 0.314 e. The van der Waals surface area contributed by atoms with E-state index >= 15 is 0 Å². The molecule has 0 amide bonds. The summed E-state index contributed by atoms with van der Waals surface area (Å²) in [5, 5.41) is 3.90. The van der Waals surface area contributed by atoms with Crippen LogP contribution in [0.5, 0.6) is 0 Å². The lowest BCUT2D eigenvalue weighted by Gasteiger charge is -2.27. The van der Waals surface area contributed by atoms with E-state index in [-0.39, 0.29) is 0 Å². The molecule has 0 saturated carbocycles. The van der Waals surface area contributed by atoms with Crippen molar-refractivity contribution < 1.29 is 0 Å². The first kappa shape index (κ1) is 22.0. The number of hydrogen-bond donors (Lipinski definition) is 1. The normalized spacial score (nSPS) is 15.7. The Morgan fingerprint density at radius 3 is 1.45 bits per heavy atom. The fourth-order valence-electron chi connectivity index (χ4n) is 3.51. The zero-order valence-corrected chi connectivity index (χ0v) is 16.4. The first-order chi connectivity index (χ1) is 10.7. The Bertz CT molecular complexity index is 196. The summed E-state index contributed by atoms with van der Waals surface area (Å²) >= 11 is 0. The first-order valence-corrected chi connectivity index (χ1v) is 10.4. The Hall–Kier alpha value is -0.0400. The van der Waals surface area contributed by atoms with Crippen LogP contribution in [0.1, 0.15) is 112 Å². The van der Waals surface area contributed by atoms with Crippen LogP contribution in [0.3, 0.4) is 0 Å². The predicted molar refractivity (Wildman–Crippen MR) is 103 cm³/mol. The summed E-state index contributed by atoms with van der Waals surface area (Å²) in [5.41, 5.74) is 0. The molecule has 0 aromatic rings. The lowest BCUT2D eigenvalue weighted by Crippen LogP contribution is -2.34. The summed E-state index contributed by atoms with van der Waals surface area (Å²) in [6, 6.07) is 0.759. The van der Waals surface area contributed by atoms with E-state index in [0.717, 1.165) is 17.9 Å². The third kappa shape index (κ3) is 11.5. The molecular weight excluding hydrogens is 266 g/mol. The average molecular weight is 312 g/mol. The van der Waals surface area contributed by atoms with Gasteiger partial charge in [0.05, 0.1) is 0 Å². The maximum atomic E-state index is 3.90.